The minimum Gasteiger partial charge on any atom is -0.478 e. The topological polar surface area (TPSA) is 76.2 Å². The first kappa shape index (κ1) is 16.8. The van der Waals surface area contributed by atoms with Gasteiger partial charge in [-0.15, -0.1) is 0 Å². The van der Waals surface area contributed by atoms with E-state index in [-0.39, 0.29) is 23.2 Å². The monoisotopic (exact) mass is 340 g/mol. The molecule has 1 atom stereocenters. The summed E-state index contributed by atoms with van der Waals surface area (Å²) in [5, 5.41) is 13.1. The average Bonchev–Trinajstić information content (AvgIpc) is 3.05. The van der Waals surface area contributed by atoms with Gasteiger partial charge in [-0.2, -0.15) is 4.98 Å². The van der Waals surface area contributed by atoms with Crippen LogP contribution in [0, 0.1) is 11.7 Å². The van der Waals surface area contributed by atoms with Crippen LogP contribution in [0.2, 0.25) is 0 Å². The lowest BCUT2D eigenvalue weighted by atomic mass is 9.87. The molecule has 0 saturated carbocycles. The number of aromatic carboxylic acids is 1. The highest BCUT2D eigenvalue weighted by Crippen LogP contribution is 2.31. The zero-order chi connectivity index (χ0) is 18.0. The smallest absolute Gasteiger partial charge is 0.335 e. The molecule has 0 fully saturated rings. The van der Waals surface area contributed by atoms with Crippen molar-refractivity contribution in [2.24, 2.45) is 5.92 Å². The molecule has 0 bridgehead atoms. The fraction of sp³-hybridized carbons (Fsp3) is 0.211. The van der Waals surface area contributed by atoms with Crippen molar-refractivity contribution in [3.05, 3.63) is 71.3 Å². The SMILES string of the molecule is CC(C)C(c1ccc(C(=O)O)cc1)c1noc(-c2ccc(F)cc2)n1. The van der Waals surface area contributed by atoms with Crippen LogP contribution in [0.25, 0.3) is 11.5 Å². The van der Waals surface area contributed by atoms with Crippen LogP contribution in [0.5, 0.6) is 0 Å². The highest BCUT2D eigenvalue weighted by atomic mass is 19.1. The quantitative estimate of drug-likeness (QED) is 0.747. The first-order valence-corrected chi connectivity index (χ1v) is 7.88. The number of carboxylic acids is 1. The Labute approximate surface area is 144 Å². The van der Waals surface area contributed by atoms with E-state index in [4.69, 9.17) is 9.63 Å². The van der Waals surface area contributed by atoms with Gasteiger partial charge in [-0.05, 0) is 47.9 Å². The van der Waals surface area contributed by atoms with Crippen LogP contribution in [0.4, 0.5) is 4.39 Å². The van der Waals surface area contributed by atoms with Gasteiger partial charge in [0.05, 0.1) is 5.56 Å². The molecule has 3 aromatic rings. The minimum atomic E-state index is -0.967. The maximum absolute atomic E-state index is 13.0. The van der Waals surface area contributed by atoms with Crippen molar-refractivity contribution in [1.29, 1.82) is 0 Å². The summed E-state index contributed by atoms with van der Waals surface area (Å²) in [7, 11) is 0. The predicted molar refractivity (Wildman–Crippen MR) is 89.8 cm³/mol. The van der Waals surface area contributed by atoms with E-state index in [0.717, 1.165) is 5.56 Å². The lowest BCUT2D eigenvalue weighted by Crippen LogP contribution is -2.11. The van der Waals surface area contributed by atoms with Crippen LogP contribution in [0.1, 0.15) is 41.5 Å². The Bertz CT molecular complexity index is 870. The van der Waals surface area contributed by atoms with Crippen molar-refractivity contribution < 1.29 is 18.8 Å². The van der Waals surface area contributed by atoms with Gasteiger partial charge in [0, 0.05) is 11.5 Å². The summed E-state index contributed by atoms with van der Waals surface area (Å²) in [6, 6.07) is 12.5. The molecule has 1 aromatic heterocycles. The van der Waals surface area contributed by atoms with E-state index in [0.29, 0.717) is 17.3 Å². The fourth-order valence-corrected chi connectivity index (χ4v) is 2.74. The number of hydrogen-bond acceptors (Lipinski definition) is 4. The molecule has 0 saturated heterocycles. The minimum absolute atomic E-state index is 0.138. The van der Waals surface area contributed by atoms with E-state index in [1.165, 1.54) is 12.1 Å². The van der Waals surface area contributed by atoms with E-state index in [2.05, 4.69) is 10.1 Å². The Kier molecular flexibility index (Phi) is 4.61. The van der Waals surface area contributed by atoms with E-state index in [9.17, 15) is 9.18 Å². The molecule has 0 aliphatic rings. The van der Waals surface area contributed by atoms with Gasteiger partial charge >= 0.3 is 5.97 Å². The van der Waals surface area contributed by atoms with Gasteiger partial charge in [-0.3, -0.25) is 0 Å². The molecular formula is C19H17FN2O3. The maximum Gasteiger partial charge on any atom is 0.335 e. The number of hydrogen-bond donors (Lipinski definition) is 1. The van der Waals surface area contributed by atoms with Crippen LogP contribution in [-0.4, -0.2) is 21.2 Å². The lowest BCUT2D eigenvalue weighted by Gasteiger charge is -2.17. The Morgan fingerprint density at radius 3 is 2.28 bits per heavy atom. The second-order valence-corrected chi connectivity index (χ2v) is 6.11. The van der Waals surface area contributed by atoms with E-state index in [1.807, 2.05) is 13.8 Å². The largest absolute Gasteiger partial charge is 0.478 e. The molecule has 0 spiro atoms. The zero-order valence-corrected chi connectivity index (χ0v) is 13.8. The first-order chi connectivity index (χ1) is 12.0. The van der Waals surface area contributed by atoms with Crippen LogP contribution in [0.3, 0.4) is 0 Å². The Hall–Kier alpha value is -3.02. The molecule has 6 heteroatoms. The number of carboxylic acid groups (broad SMARTS) is 1. The van der Waals surface area contributed by atoms with Crippen molar-refractivity contribution >= 4 is 5.97 Å². The van der Waals surface area contributed by atoms with Crippen LogP contribution in [0.15, 0.2) is 53.1 Å². The molecule has 1 heterocycles. The standard InChI is InChI=1S/C19H17FN2O3/c1-11(2)16(12-3-5-14(6-4-12)19(23)24)17-21-18(25-22-17)13-7-9-15(20)10-8-13/h3-11,16H,1-2H3,(H,23,24). The van der Waals surface area contributed by atoms with Crippen molar-refractivity contribution in [1.82, 2.24) is 10.1 Å². The Morgan fingerprint density at radius 1 is 1.08 bits per heavy atom. The number of aromatic nitrogens is 2. The summed E-state index contributed by atoms with van der Waals surface area (Å²) in [5.74, 6) is -0.428. The molecule has 128 valence electrons. The molecule has 1 unspecified atom stereocenters. The van der Waals surface area contributed by atoms with Gasteiger partial charge in [0.1, 0.15) is 5.82 Å². The third-order valence-electron chi connectivity index (χ3n) is 3.99. The summed E-state index contributed by atoms with van der Waals surface area (Å²) in [6.07, 6.45) is 0. The molecular weight excluding hydrogens is 323 g/mol. The average molecular weight is 340 g/mol. The molecule has 0 aliphatic carbocycles. The third-order valence-corrected chi connectivity index (χ3v) is 3.99. The van der Waals surface area contributed by atoms with Crippen molar-refractivity contribution in [3.8, 4) is 11.5 Å². The number of rotatable bonds is 5. The van der Waals surface area contributed by atoms with E-state index in [1.54, 1.807) is 36.4 Å². The highest BCUT2D eigenvalue weighted by molar-refractivity contribution is 5.87. The predicted octanol–water partition coefficient (Wildman–Crippen LogP) is 4.36. The zero-order valence-electron chi connectivity index (χ0n) is 13.8. The molecule has 2 aromatic carbocycles. The summed E-state index contributed by atoms with van der Waals surface area (Å²) in [6.45, 7) is 4.06. The molecule has 3 rings (SSSR count). The molecule has 0 radical (unpaired) electrons. The number of carbonyl (C=O) groups is 1. The lowest BCUT2D eigenvalue weighted by molar-refractivity contribution is 0.0697. The molecule has 1 N–H and O–H groups in total. The molecule has 25 heavy (non-hydrogen) atoms. The molecule has 0 aliphatic heterocycles. The van der Waals surface area contributed by atoms with E-state index >= 15 is 0 Å². The van der Waals surface area contributed by atoms with Crippen LogP contribution >= 0.6 is 0 Å². The molecule has 5 nitrogen and oxygen atoms in total. The van der Waals surface area contributed by atoms with Crippen molar-refractivity contribution in [2.45, 2.75) is 19.8 Å². The van der Waals surface area contributed by atoms with Gasteiger partial charge < -0.3 is 9.63 Å². The van der Waals surface area contributed by atoms with Gasteiger partial charge in [0.2, 0.25) is 0 Å². The second kappa shape index (κ2) is 6.84. The number of benzene rings is 2. The van der Waals surface area contributed by atoms with Crippen molar-refractivity contribution in [3.63, 3.8) is 0 Å². The van der Waals surface area contributed by atoms with Gasteiger partial charge in [-0.1, -0.05) is 31.1 Å². The summed E-state index contributed by atoms with van der Waals surface area (Å²) in [5.41, 5.74) is 1.78. The van der Waals surface area contributed by atoms with Gasteiger partial charge in [0.25, 0.3) is 5.89 Å². The fourth-order valence-electron chi connectivity index (χ4n) is 2.74. The maximum atomic E-state index is 13.0. The van der Waals surface area contributed by atoms with Crippen LogP contribution in [-0.2, 0) is 0 Å². The van der Waals surface area contributed by atoms with Gasteiger partial charge in [-0.25, -0.2) is 9.18 Å². The number of halogens is 1. The van der Waals surface area contributed by atoms with E-state index < -0.39 is 5.97 Å². The number of nitrogens with zero attached hydrogens (tertiary/aromatic N) is 2. The first-order valence-electron chi connectivity index (χ1n) is 7.88. The normalized spacial score (nSPS) is 12.3. The third kappa shape index (κ3) is 3.57. The Balaban J connectivity index is 1.93. The van der Waals surface area contributed by atoms with Crippen LogP contribution < -0.4 is 0 Å². The summed E-state index contributed by atoms with van der Waals surface area (Å²) < 4.78 is 18.4. The van der Waals surface area contributed by atoms with Crippen molar-refractivity contribution in [2.75, 3.05) is 0 Å². The highest BCUT2D eigenvalue weighted by Gasteiger charge is 2.24. The Morgan fingerprint density at radius 2 is 1.72 bits per heavy atom. The second-order valence-electron chi connectivity index (χ2n) is 6.11. The molecule has 0 amide bonds. The van der Waals surface area contributed by atoms with Gasteiger partial charge in [0.15, 0.2) is 5.82 Å². The summed E-state index contributed by atoms with van der Waals surface area (Å²) >= 11 is 0. The summed E-state index contributed by atoms with van der Waals surface area (Å²) in [4.78, 5) is 15.5.